The fourth-order valence-corrected chi connectivity index (χ4v) is 3.14. The van der Waals surface area contributed by atoms with E-state index in [-0.39, 0.29) is 0 Å². The van der Waals surface area contributed by atoms with Crippen LogP contribution >= 0.6 is 0 Å². The lowest BCUT2D eigenvalue weighted by Gasteiger charge is -2.51. The summed E-state index contributed by atoms with van der Waals surface area (Å²) in [5.41, 5.74) is 0.635. The zero-order valence-electron chi connectivity index (χ0n) is 12.2. The van der Waals surface area contributed by atoms with Crippen LogP contribution in [0.4, 0.5) is 0 Å². The minimum absolute atomic E-state index is 0.635. The molecule has 2 saturated heterocycles. The third-order valence-corrected chi connectivity index (χ3v) is 4.64. The molecule has 0 aromatic rings. The average molecular weight is 255 g/mol. The Morgan fingerprint density at radius 2 is 2.17 bits per heavy atom. The summed E-state index contributed by atoms with van der Waals surface area (Å²) in [6, 6.07) is 0.723. The molecule has 4 nitrogen and oxygen atoms in total. The largest absolute Gasteiger partial charge is 0.383 e. The predicted molar refractivity (Wildman–Crippen MR) is 74.9 cm³/mol. The predicted octanol–water partition coefficient (Wildman–Crippen LogP) is 0.639. The van der Waals surface area contributed by atoms with Crippen molar-refractivity contribution in [3.05, 3.63) is 0 Å². The van der Waals surface area contributed by atoms with E-state index in [1.807, 2.05) is 0 Å². The number of nitrogens with zero attached hydrogens (tertiary/aromatic N) is 2. The maximum atomic E-state index is 5.10. The van der Waals surface area contributed by atoms with E-state index in [4.69, 9.17) is 4.74 Å². The van der Waals surface area contributed by atoms with Gasteiger partial charge >= 0.3 is 0 Å². The molecule has 0 radical (unpaired) electrons. The molecule has 18 heavy (non-hydrogen) atoms. The highest BCUT2D eigenvalue weighted by Gasteiger charge is 2.45. The molecule has 2 aliphatic rings. The highest BCUT2D eigenvalue weighted by molar-refractivity contribution is 5.01. The zero-order chi connectivity index (χ0) is 13.0. The van der Waals surface area contributed by atoms with Crippen molar-refractivity contribution in [2.45, 2.75) is 25.8 Å². The number of methoxy groups -OCH3 is 1. The third-order valence-electron chi connectivity index (χ3n) is 4.64. The van der Waals surface area contributed by atoms with Crippen LogP contribution in [-0.2, 0) is 4.74 Å². The Morgan fingerprint density at radius 3 is 2.78 bits per heavy atom. The Balaban J connectivity index is 1.60. The van der Waals surface area contributed by atoms with Gasteiger partial charge in [-0.1, -0.05) is 0 Å². The molecular weight excluding hydrogens is 226 g/mol. The van der Waals surface area contributed by atoms with Crippen molar-refractivity contribution in [1.29, 1.82) is 0 Å². The number of rotatable bonds is 7. The molecule has 2 heterocycles. The summed E-state index contributed by atoms with van der Waals surface area (Å²) in [5, 5.41) is 3.50. The summed E-state index contributed by atoms with van der Waals surface area (Å²) in [7, 11) is 3.95. The maximum absolute atomic E-state index is 5.10. The summed E-state index contributed by atoms with van der Waals surface area (Å²) in [6.07, 6.45) is 2.65. The Morgan fingerprint density at radius 1 is 1.39 bits per heavy atom. The van der Waals surface area contributed by atoms with Gasteiger partial charge in [-0.2, -0.15) is 0 Å². The van der Waals surface area contributed by atoms with Crippen molar-refractivity contribution in [3.8, 4) is 0 Å². The van der Waals surface area contributed by atoms with Gasteiger partial charge in [-0.15, -0.1) is 0 Å². The molecule has 0 amide bonds. The highest BCUT2D eigenvalue weighted by atomic mass is 16.5. The van der Waals surface area contributed by atoms with Crippen LogP contribution in [0.5, 0.6) is 0 Å². The smallest absolute Gasteiger partial charge is 0.0589 e. The van der Waals surface area contributed by atoms with Crippen molar-refractivity contribution in [3.63, 3.8) is 0 Å². The van der Waals surface area contributed by atoms with E-state index in [0.717, 1.165) is 19.2 Å². The van der Waals surface area contributed by atoms with Crippen LogP contribution in [0.3, 0.4) is 0 Å². The fraction of sp³-hybridized carbons (Fsp3) is 1.00. The Labute approximate surface area is 112 Å². The normalized spacial score (nSPS) is 24.7. The second kappa shape index (κ2) is 6.33. The van der Waals surface area contributed by atoms with Gasteiger partial charge in [0.25, 0.3) is 0 Å². The number of likely N-dealkylation sites (N-methyl/N-ethyl adjacent to an activating group) is 1. The number of likely N-dealkylation sites (tertiary alicyclic amines) is 1. The van der Waals surface area contributed by atoms with Gasteiger partial charge in [-0.3, -0.25) is 4.90 Å². The Kier molecular flexibility index (Phi) is 5.01. The molecule has 106 valence electrons. The summed E-state index contributed by atoms with van der Waals surface area (Å²) in [5.74, 6) is 0. The molecule has 2 rings (SSSR count). The molecule has 0 saturated carbocycles. The second-order valence-electron chi connectivity index (χ2n) is 6.27. The van der Waals surface area contributed by atoms with Crippen molar-refractivity contribution in [2.24, 2.45) is 5.41 Å². The summed E-state index contributed by atoms with van der Waals surface area (Å²) in [4.78, 5) is 5.02. The van der Waals surface area contributed by atoms with Crippen LogP contribution in [0.25, 0.3) is 0 Å². The molecule has 0 bridgehead atoms. The number of ether oxygens (including phenoxy) is 1. The highest BCUT2D eigenvalue weighted by Crippen LogP contribution is 2.37. The van der Waals surface area contributed by atoms with E-state index in [0.29, 0.717) is 5.41 Å². The van der Waals surface area contributed by atoms with Gasteiger partial charge in [-0.25, -0.2) is 0 Å². The quantitative estimate of drug-likeness (QED) is 0.722. The topological polar surface area (TPSA) is 27.7 Å². The molecule has 1 N–H and O–H groups in total. The number of hydrogen-bond donors (Lipinski definition) is 1. The van der Waals surface area contributed by atoms with Crippen molar-refractivity contribution >= 4 is 0 Å². The molecule has 1 unspecified atom stereocenters. The van der Waals surface area contributed by atoms with Crippen LogP contribution < -0.4 is 5.32 Å². The standard InChI is InChI=1S/C14H29N3O/c1-13(4-7-16(2)8-9-18-3)17-11-14(12-17)5-6-15-10-14/h13,15H,4-12H2,1-3H3. The van der Waals surface area contributed by atoms with Crippen LogP contribution in [0.15, 0.2) is 0 Å². The average Bonchev–Trinajstić information content (AvgIpc) is 2.80. The van der Waals surface area contributed by atoms with Crippen molar-refractivity contribution in [1.82, 2.24) is 15.1 Å². The van der Waals surface area contributed by atoms with Gasteiger partial charge in [0, 0.05) is 44.7 Å². The molecule has 2 aliphatic heterocycles. The zero-order valence-corrected chi connectivity index (χ0v) is 12.2. The van der Waals surface area contributed by atoms with Crippen LogP contribution in [0.1, 0.15) is 19.8 Å². The summed E-state index contributed by atoms with van der Waals surface area (Å²) < 4.78 is 5.10. The van der Waals surface area contributed by atoms with Gasteiger partial charge in [0.15, 0.2) is 0 Å². The van der Waals surface area contributed by atoms with Crippen LogP contribution in [-0.4, -0.2) is 75.9 Å². The lowest BCUT2D eigenvalue weighted by Crippen LogP contribution is -2.60. The van der Waals surface area contributed by atoms with Crippen LogP contribution in [0, 0.1) is 5.41 Å². The van der Waals surface area contributed by atoms with Crippen LogP contribution in [0.2, 0.25) is 0 Å². The third kappa shape index (κ3) is 3.44. The lowest BCUT2D eigenvalue weighted by molar-refractivity contribution is -0.0167. The van der Waals surface area contributed by atoms with E-state index in [1.54, 1.807) is 7.11 Å². The van der Waals surface area contributed by atoms with Crippen molar-refractivity contribution in [2.75, 3.05) is 60.0 Å². The molecular formula is C14H29N3O. The first-order valence-corrected chi connectivity index (χ1v) is 7.27. The van der Waals surface area contributed by atoms with Gasteiger partial charge in [-0.05, 0) is 39.9 Å². The molecule has 0 aliphatic carbocycles. The number of hydrogen-bond acceptors (Lipinski definition) is 4. The second-order valence-corrected chi connectivity index (χ2v) is 6.27. The first-order chi connectivity index (χ1) is 8.65. The fourth-order valence-electron chi connectivity index (χ4n) is 3.14. The SMILES string of the molecule is COCCN(C)CCC(C)N1CC2(CCNC2)C1. The van der Waals surface area contributed by atoms with Gasteiger partial charge in [0.1, 0.15) is 0 Å². The number of nitrogens with one attached hydrogen (secondary N) is 1. The molecule has 1 spiro atoms. The molecule has 0 aromatic carbocycles. The summed E-state index contributed by atoms with van der Waals surface area (Å²) >= 11 is 0. The van der Waals surface area contributed by atoms with E-state index >= 15 is 0 Å². The van der Waals surface area contributed by atoms with E-state index in [1.165, 1.54) is 45.6 Å². The summed E-state index contributed by atoms with van der Waals surface area (Å²) in [6.45, 7) is 10.5. The lowest BCUT2D eigenvalue weighted by atomic mass is 9.78. The molecule has 4 heteroatoms. The molecule has 0 aromatic heterocycles. The molecule has 1 atom stereocenters. The van der Waals surface area contributed by atoms with E-state index in [2.05, 4.69) is 29.1 Å². The van der Waals surface area contributed by atoms with Gasteiger partial charge in [0.05, 0.1) is 6.61 Å². The minimum atomic E-state index is 0.635. The van der Waals surface area contributed by atoms with E-state index < -0.39 is 0 Å². The minimum Gasteiger partial charge on any atom is -0.383 e. The van der Waals surface area contributed by atoms with Gasteiger partial charge in [0.2, 0.25) is 0 Å². The monoisotopic (exact) mass is 255 g/mol. The van der Waals surface area contributed by atoms with E-state index in [9.17, 15) is 0 Å². The Bertz CT molecular complexity index is 245. The van der Waals surface area contributed by atoms with Crippen molar-refractivity contribution < 1.29 is 4.74 Å². The Hall–Kier alpha value is -0.160. The first kappa shape index (κ1) is 14.3. The van der Waals surface area contributed by atoms with Gasteiger partial charge < -0.3 is 15.0 Å². The maximum Gasteiger partial charge on any atom is 0.0589 e. The first-order valence-electron chi connectivity index (χ1n) is 7.27. The molecule has 2 fully saturated rings.